The summed E-state index contributed by atoms with van der Waals surface area (Å²) in [6, 6.07) is 9.27. The van der Waals surface area contributed by atoms with Crippen LogP contribution in [0.5, 0.6) is 0 Å². The zero-order chi connectivity index (χ0) is 20.4. The number of rotatable bonds is 5. The maximum absolute atomic E-state index is 13.1. The number of thiophene rings is 1. The average molecular weight is 421 g/mol. The number of alkyl halides is 3. The van der Waals surface area contributed by atoms with Crippen LogP contribution in [0.4, 0.5) is 13.2 Å². The molecule has 154 valence electrons. The van der Waals surface area contributed by atoms with Crippen molar-refractivity contribution < 1.29 is 17.9 Å². The number of ether oxygens (including phenoxy) is 1. The predicted octanol–water partition coefficient (Wildman–Crippen LogP) is 5.35. The van der Waals surface area contributed by atoms with Gasteiger partial charge < -0.3 is 4.74 Å². The molecule has 0 bridgehead atoms. The Morgan fingerprint density at radius 2 is 2.03 bits per heavy atom. The standard InChI is InChI=1S/C21H22F3N3OS/c1-14-4-6-15(7-5-14)9-19-25-20(18-10-17(13-29-18)21(22,23)24)27(26-19)11-16-3-2-8-28-12-16/h4-7,10,13,16H,2-3,8-9,11-12H2,1H3. The molecule has 0 saturated carbocycles. The van der Waals surface area contributed by atoms with Crippen molar-refractivity contribution in [2.45, 2.75) is 38.9 Å². The van der Waals surface area contributed by atoms with Crippen LogP contribution in [-0.4, -0.2) is 28.0 Å². The molecule has 2 aromatic heterocycles. The minimum absolute atomic E-state index is 0.290. The van der Waals surface area contributed by atoms with Gasteiger partial charge in [-0.1, -0.05) is 29.8 Å². The molecule has 1 saturated heterocycles. The first-order valence-electron chi connectivity index (χ1n) is 9.61. The van der Waals surface area contributed by atoms with Crippen LogP contribution < -0.4 is 0 Å². The molecule has 3 aromatic rings. The van der Waals surface area contributed by atoms with E-state index < -0.39 is 11.7 Å². The molecular formula is C21H22F3N3OS. The summed E-state index contributed by atoms with van der Waals surface area (Å²) in [6.07, 6.45) is -1.81. The number of nitrogens with zero attached hydrogens (tertiary/aromatic N) is 3. The van der Waals surface area contributed by atoms with Gasteiger partial charge in [0.15, 0.2) is 11.6 Å². The van der Waals surface area contributed by atoms with Gasteiger partial charge in [-0.05, 0) is 31.4 Å². The van der Waals surface area contributed by atoms with Crippen LogP contribution in [0.2, 0.25) is 0 Å². The van der Waals surface area contributed by atoms with Crippen LogP contribution in [0.25, 0.3) is 10.7 Å². The van der Waals surface area contributed by atoms with Gasteiger partial charge in [0.2, 0.25) is 0 Å². The second kappa shape index (κ2) is 8.28. The highest BCUT2D eigenvalue weighted by molar-refractivity contribution is 7.13. The number of aromatic nitrogens is 3. The lowest BCUT2D eigenvalue weighted by Crippen LogP contribution is -2.23. The minimum atomic E-state index is -4.36. The largest absolute Gasteiger partial charge is 0.417 e. The molecule has 0 N–H and O–H groups in total. The molecule has 29 heavy (non-hydrogen) atoms. The predicted molar refractivity (Wildman–Crippen MR) is 106 cm³/mol. The quantitative estimate of drug-likeness (QED) is 0.557. The number of hydrogen-bond acceptors (Lipinski definition) is 4. The Hall–Kier alpha value is -2.19. The van der Waals surface area contributed by atoms with E-state index in [-0.39, 0.29) is 0 Å². The summed E-state index contributed by atoms with van der Waals surface area (Å²) in [5.74, 6) is 1.40. The number of halogens is 3. The lowest BCUT2D eigenvalue weighted by Gasteiger charge is -2.22. The van der Waals surface area contributed by atoms with Crippen LogP contribution >= 0.6 is 11.3 Å². The zero-order valence-electron chi connectivity index (χ0n) is 16.1. The van der Waals surface area contributed by atoms with Crippen molar-refractivity contribution in [3.63, 3.8) is 0 Å². The van der Waals surface area contributed by atoms with E-state index >= 15 is 0 Å². The van der Waals surface area contributed by atoms with Crippen molar-refractivity contribution in [1.82, 2.24) is 14.8 Å². The fourth-order valence-corrected chi connectivity index (χ4v) is 4.37. The lowest BCUT2D eigenvalue weighted by atomic mass is 10.0. The van der Waals surface area contributed by atoms with E-state index in [1.165, 1.54) is 5.56 Å². The summed E-state index contributed by atoms with van der Waals surface area (Å²) < 4.78 is 46.5. The van der Waals surface area contributed by atoms with E-state index in [9.17, 15) is 13.2 Å². The maximum Gasteiger partial charge on any atom is 0.417 e. The highest BCUT2D eigenvalue weighted by Gasteiger charge is 2.32. The first kappa shape index (κ1) is 20.1. The Morgan fingerprint density at radius 1 is 1.24 bits per heavy atom. The monoisotopic (exact) mass is 421 g/mol. The van der Waals surface area contributed by atoms with Crippen LogP contribution in [0.3, 0.4) is 0 Å². The summed E-state index contributed by atoms with van der Waals surface area (Å²) >= 11 is 1.05. The first-order valence-corrected chi connectivity index (χ1v) is 10.5. The average Bonchev–Trinajstić information content (AvgIpc) is 3.31. The third-order valence-electron chi connectivity index (χ3n) is 5.03. The van der Waals surface area contributed by atoms with E-state index in [0.29, 0.717) is 42.0 Å². The van der Waals surface area contributed by atoms with Crippen molar-refractivity contribution >= 4 is 11.3 Å². The molecule has 0 spiro atoms. The van der Waals surface area contributed by atoms with Crippen LogP contribution in [0.15, 0.2) is 35.7 Å². The van der Waals surface area contributed by atoms with Gasteiger partial charge in [-0.3, -0.25) is 0 Å². The Bertz CT molecular complexity index is 956. The topological polar surface area (TPSA) is 39.9 Å². The van der Waals surface area contributed by atoms with E-state index in [1.807, 2.05) is 31.2 Å². The molecule has 8 heteroatoms. The van der Waals surface area contributed by atoms with Crippen LogP contribution in [0.1, 0.15) is 35.4 Å². The van der Waals surface area contributed by atoms with E-state index in [2.05, 4.69) is 10.1 Å². The highest BCUT2D eigenvalue weighted by Crippen LogP contribution is 2.36. The Kier molecular flexibility index (Phi) is 5.74. The zero-order valence-corrected chi connectivity index (χ0v) is 16.9. The molecule has 4 rings (SSSR count). The van der Waals surface area contributed by atoms with Gasteiger partial charge in [-0.15, -0.1) is 11.3 Å². The second-order valence-electron chi connectivity index (χ2n) is 7.48. The highest BCUT2D eigenvalue weighted by atomic mass is 32.1. The van der Waals surface area contributed by atoms with Crippen molar-refractivity contribution in [1.29, 1.82) is 0 Å². The van der Waals surface area contributed by atoms with Crippen LogP contribution in [-0.2, 0) is 23.9 Å². The Morgan fingerprint density at radius 3 is 2.69 bits per heavy atom. The van der Waals surface area contributed by atoms with Gasteiger partial charge in [0.1, 0.15) is 0 Å². The van der Waals surface area contributed by atoms with Gasteiger partial charge >= 0.3 is 6.18 Å². The molecule has 1 aromatic carbocycles. The molecule has 1 aliphatic heterocycles. The van der Waals surface area contributed by atoms with Crippen LogP contribution in [0, 0.1) is 12.8 Å². The van der Waals surface area contributed by atoms with Crippen molar-refractivity contribution in [3.8, 4) is 10.7 Å². The molecule has 0 aliphatic carbocycles. The van der Waals surface area contributed by atoms with E-state index in [0.717, 1.165) is 47.8 Å². The van der Waals surface area contributed by atoms with Crippen molar-refractivity contribution in [3.05, 3.63) is 58.2 Å². The number of benzene rings is 1. The maximum atomic E-state index is 13.1. The smallest absolute Gasteiger partial charge is 0.381 e. The molecule has 4 nitrogen and oxygen atoms in total. The summed E-state index contributed by atoms with van der Waals surface area (Å²) in [4.78, 5) is 5.10. The molecule has 0 amide bonds. The molecular weight excluding hydrogens is 399 g/mol. The molecule has 1 aliphatic rings. The third-order valence-corrected chi connectivity index (χ3v) is 5.96. The van der Waals surface area contributed by atoms with Gasteiger partial charge in [-0.25, -0.2) is 9.67 Å². The van der Waals surface area contributed by atoms with Gasteiger partial charge in [0.25, 0.3) is 0 Å². The van der Waals surface area contributed by atoms with Gasteiger partial charge in [0, 0.05) is 30.9 Å². The fraction of sp³-hybridized carbons (Fsp3) is 0.429. The molecule has 0 radical (unpaired) electrons. The third kappa shape index (κ3) is 4.87. The summed E-state index contributed by atoms with van der Waals surface area (Å²) in [6.45, 7) is 4.02. The molecule has 1 atom stereocenters. The minimum Gasteiger partial charge on any atom is -0.381 e. The summed E-state index contributed by atoms with van der Waals surface area (Å²) in [5, 5.41) is 5.78. The number of aryl methyl sites for hydroxylation is 1. The summed E-state index contributed by atoms with van der Waals surface area (Å²) in [5.41, 5.74) is 1.60. The molecule has 1 fully saturated rings. The van der Waals surface area contributed by atoms with Gasteiger partial charge in [-0.2, -0.15) is 18.3 Å². The van der Waals surface area contributed by atoms with Crippen molar-refractivity contribution in [2.24, 2.45) is 5.92 Å². The normalized spacial score (nSPS) is 17.6. The van der Waals surface area contributed by atoms with Gasteiger partial charge in [0.05, 0.1) is 17.0 Å². The SMILES string of the molecule is Cc1ccc(Cc2nc(-c3cc(C(F)(F)F)cs3)n(CC3CCCOC3)n2)cc1. The lowest BCUT2D eigenvalue weighted by molar-refractivity contribution is -0.137. The fourth-order valence-electron chi connectivity index (χ4n) is 3.46. The summed E-state index contributed by atoms with van der Waals surface area (Å²) in [7, 11) is 0. The number of hydrogen-bond donors (Lipinski definition) is 0. The van der Waals surface area contributed by atoms with E-state index in [1.54, 1.807) is 4.68 Å². The van der Waals surface area contributed by atoms with Crippen molar-refractivity contribution in [2.75, 3.05) is 13.2 Å². The molecule has 1 unspecified atom stereocenters. The second-order valence-corrected chi connectivity index (χ2v) is 8.39. The van der Waals surface area contributed by atoms with E-state index in [4.69, 9.17) is 4.74 Å². The molecule has 3 heterocycles. The Labute approximate surface area is 171 Å². The Balaban J connectivity index is 1.64. The first-order chi connectivity index (χ1) is 13.9.